The molecule has 7 nitrogen and oxygen atoms in total. The van der Waals surface area contributed by atoms with Crippen LogP contribution in [0.4, 0.5) is 0 Å². The summed E-state index contributed by atoms with van der Waals surface area (Å²) in [6.07, 6.45) is 8.13. The van der Waals surface area contributed by atoms with E-state index in [2.05, 4.69) is 15.6 Å². The SMILES string of the molecule is O=C(NC(CNCCO)C(=O)C1CCCCC1)c1ccc(COc2cncc(Cl)c2)s1. The van der Waals surface area contributed by atoms with Gasteiger partial charge in [0.2, 0.25) is 0 Å². The highest BCUT2D eigenvalue weighted by atomic mass is 35.5. The number of aromatic nitrogens is 1. The summed E-state index contributed by atoms with van der Waals surface area (Å²) in [6.45, 7) is 0.963. The highest BCUT2D eigenvalue weighted by Gasteiger charge is 2.29. The summed E-state index contributed by atoms with van der Waals surface area (Å²) in [6, 6.07) is 4.63. The van der Waals surface area contributed by atoms with Gasteiger partial charge in [0.25, 0.3) is 5.91 Å². The number of amides is 1. The normalized spacial score (nSPS) is 15.4. The minimum Gasteiger partial charge on any atom is -0.486 e. The Bertz CT molecular complexity index is 870. The molecule has 0 aliphatic heterocycles. The molecular weight excluding hydrogens is 438 g/mol. The molecule has 1 aliphatic carbocycles. The molecule has 2 heterocycles. The molecule has 168 valence electrons. The largest absolute Gasteiger partial charge is 0.486 e. The van der Waals surface area contributed by atoms with E-state index in [-0.39, 0.29) is 24.2 Å². The molecule has 2 aromatic heterocycles. The molecule has 3 rings (SSSR count). The number of ketones is 1. The van der Waals surface area contributed by atoms with Crippen molar-refractivity contribution in [2.45, 2.75) is 44.8 Å². The van der Waals surface area contributed by atoms with E-state index < -0.39 is 6.04 Å². The number of ether oxygens (including phenoxy) is 1. The summed E-state index contributed by atoms with van der Waals surface area (Å²) >= 11 is 7.23. The topological polar surface area (TPSA) is 101 Å². The molecule has 0 saturated heterocycles. The summed E-state index contributed by atoms with van der Waals surface area (Å²) in [7, 11) is 0. The first-order chi connectivity index (χ1) is 15.1. The number of carbonyl (C=O) groups is 2. The van der Waals surface area contributed by atoms with Crippen molar-refractivity contribution < 1.29 is 19.4 Å². The maximum atomic E-state index is 13.0. The van der Waals surface area contributed by atoms with Crippen LogP contribution in [0.5, 0.6) is 5.75 Å². The molecule has 1 amide bonds. The van der Waals surface area contributed by atoms with Crippen LogP contribution >= 0.6 is 22.9 Å². The van der Waals surface area contributed by atoms with Gasteiger partial charge >= 0.3 is 0 Å². The van der Waals surface area contributed by atoms with E-state index >= 15 is 0 Å². The van der Waals surface area contributed by atoms with E-state index in [0.29, 0.717) is 35.3 Å². The number of carbonyl (C=O) groups excluding carboxylic acids is 2. The molecule has 2 aromatic rings. The van der Waals surface area contributed by atoms with Gasteiger partial charge in [-0.15, -0.1) is 11.3 Å². The number of nitrogens with zero attached hydrogens (tertiary/aromatic N) is 1. The first-order valence-corrected chi connectivity index (χ1v) is 11.7. The number of halogens is 1. The van der Waals surface area contributed by atoms with Crippen molar-refractivity contribution in [2.24, 2.45) is 5.92 Å². The second-order valence-corrected chi connectivity index (χ2v) is 9.19. The van der Waals surface area contributed by atoms with Crippen LogP contribution in [0.2, 0.25) is 5.02 Å². The van der Waals surface area contributed by atoms with Crippen LogP contribution in [0, 0.1) is 5.92 Å². The highest BCUT2D eigenvalue weighted by Crippen LogP contribution is 2.26. The van der Waals surface area contributed by atoms with Crippen molar-refractivity contribution >= 4 is 34.6 Å². The Labute approximate surface area is 191 Å². The Morgan fingerprint density at radius 1 is 1.26 bits per heavy atom. The summed E-state index contributed by atoms with van der Waals surface area (Å²) in [5, 5.41) is 15.4. The average Bonchev–Trinajstić information content (AvgIpc) is 3.26. The minimum absolute atomic E-state index is 0.00595. The van der Waals surface area contributed by atoms with Crippen molar-refractivity contribution in [2.75, 3.05) is 19.7 Å². The van der Waals surface area contributed by atoms with E-state index in [0.717, 1.165) is 37.0 Å². The zero-order valence-electron chi connectivity index (χ0n) is 17.3. The number of hydrogen-bond donors (Lipinski definition) is 3. The van der Waals surface area contributed by atoms with Gasteiger partial charge in [0.15, 0.2) is 5.78 Å². The first kappa shape index (κ1) is 23.7. The lowest BCUT2D eigenvalue weighted by Gasteiger charge is -2.26. The molecule has 0 spiro atoms. The highest BCUT2D eigenvalue weighted by molar-refractivity contribution is 7.14. The molecule has 1 fully saturated rings. The molecule has 31 heavy (non-hydrogen) atoms. The molecule has 1 unspecified atom stereocenters. The number of rotatable bonds is 11. The summed E-state index contributed by atoms with van der Waals surface area (Å²) < 4.78 is 5.67. The number of nitrogens with one attached hydrogen (secondary N) is 2. The van der Waals surface area contributed by atoms with E-state index in [4.69, 9.17) is 21.4 Å². The predicted octanol–water partition coefficient (Wildman–Crippen LogP) is 3.21. The van der Waals surface area contributed by atoms with Crippen LogP contribution in [0.25, 0.3) is 0 Å². The van der Waals surface area contributed by atoms with Crippen molar-refractivity contribution in [3.05, 3.63) is 45.4 Å². The number of aliphatic hydroxyl groups is 1. The molecule has 1 aliphatic rings. The maximum Gasteiger partial charge on any atom is 0.261 e. The van der Waals surface area contributed by atoms with E-state index in [1.165, 1.54) is 17.5 Å². The second kappa shape index (κ2) is 12.1. The zero-order chi connectivity index (χ0) is 22.1. The standard InChI is InChI=1S/C22H28ClN3O4S/c23-16-10-17(12-25-11-16)30-14-18-6-7-20(31-18)22(29)26-19(13-24-8-9-27)21(28)15-4-2-1-3-5-15/h6-7,10-12,15,19,24,27H,1-5,8-9,13-14H2,(H,26,29). The van der Waals surface area contributed by atoms with Crippen LogP contribution in [-0.2, 0) is 11.4 Å². The number of hydrogen-bond acceptors (Lipinski definition) is 7. The Balaban J connectivity index is 1.59. The zero-order valence-corrected chi connectivity index (χ0v) is 18.9. The van der Waals surface area contributed by atoms with Crippen LogP contribution in [0.15, 0.2) is 30.6 Å². The molecule has 0 aromatic carbocycles. The summed E-state index contributed by atoms with van der Waals surface area (Å²) in [5.41, 5.74) is 0. The van der Waals surface area contributed by atoms with Gasteiger partial charge in [-0.25, -0.2) is 0 Å². The van der Waals surface area contributed by atoms with Crippen molar-refractivity contribution in [3.63, 3.8) is 0 Å². The first-order valence-electron chi connectivity index (χ1n) is 10.5. The van der Waals surface area contributed by atoms with Crippen molar-refractivity contribution in [1.29, 1.82) is 0 Å². The van der Waals surface area contributed by atoms with Gasteiger partial charge in [-0.2, -0.15) is 0 Å². The van der Waals surface area contributed by atoms with Gasteiger partial charge in [0, 0.05) is 36.1 Å². The summed E-state index contributed by atoms with van der Waals surface area (Å²) in [5.74, 6) is 0.348. The Hall–Kier alpha value is -2.00. The molecule has 0 bridgehead atoms. The van der Waals surface area contributed by atoms with Gasteiger partial charge in [0.05, 0.1) is 22.7 Å². The third-order valence-electron chi connectivity index (χ3n) is 5.24. The Kier molecular flexibility index (Phi) is 9.27. The second-order valence-electron chi connectivity index (χ2n) is 7.58. The van der Waals surface area contributed by atoms with Gasteiger partial charge in [-0.05, 0) is 25.0 Å². The van der Waals surface area contributed by atoms with Gasteiger partial charge in [0.1, 0.15) is 18.4 Å². The average molecular weight is 466 g/mol. The van der Waals surface area contributed by atoms with E-state index in [9.17, 15) is 9.59 Å². The maximum absolute atomic E-state index is 13.0. The lowest BCUT2D eigenvalue weighted by Crippen LogP contribution is -2.49. The fourth-order valence-corrected chi connectivity index (χ4v) is 4.64. The van der Waals surface area contributed by atoms with Gasteiger partial charge < -0.3 is 20.5 Å². The molecule has 9 heteroatoms. The minimum atomic E-state index is -0.610. The fraction of sp³-hybridized carbons (Fsp3) is 0.500. The monoisotopic (exact) mass is 465 g/mol. The smallest absolute Gasteiger partial charge is 0.261 e. The van der Waals surface area contributed by atoms with Crippen LogP contribution in [0.3, 0.4) is 0 Å². The third-order valence-corrected chi connectivity index (χ3v) is 6.50. The molecule has 3 N–H and O–H groups in total. The molecule has 1 atom stereocenters. The van der Waals surface area contributed by atoms with Crippen LogP contribution < -0.4 is 15.4 Å². The summed E-state index contributed by atoms with van der Waals surface area (Å²) in [4.78, 5) is 31.2. The molecule has 1 saturated carbocycles. The Morgan fingerprint density at radius 3 is 2.81 bits per heavy atom. The van der Waals surface area contributed by atoms with Crippen LogP contribution in [-0.4, -0.2) is 47.5 Å². The van der Waals surface area contributed by atoms with E-state index in [1.807, 2.05) is 6.07 Å². The molecule has 0 radical (unpaired) electrons. The molecular formula is C22H28ClN3O4S. The van der Waals surface area contributed by atoms with E-state index in [1.54, 1.807) is 18.3 Å². The number of Topliss-reactive ketones (excluding diaryl/α,β-unsaturated/α-hetero) is 1. The number of thiophene rings is 1. The van der Waals surface area contributed by atoms with Crippen molar-refractivity contribution in [1.82, 2.24) is 15.6 Å². The lowest BCUT2D eigenvalue weighted by atomic mass is 9.83. The Morgan fingerprint density at radius 2 is 2.06 bits per heavy atom. The van der Waals surface area contributed by atoms with Gasteiger partial charge in [-0.3, -0.25) is 14.6 Å². The fourth-order valence-electron chi connectivity index (χ4n) is 3.65. The quantitative estimate of drug-likeness (QED) is 0.440. The number of pyridine rings is 1. The van der Waals surface area contributed by atoms with Crippen LogP contribution in [0.1, 0.15) is 46.7 Å². The van der Waals surface area contributed by atoms with Crippen molar-refractivity contribution in [3.8, 4) is 5.75 Å². The third kappa shape index (κ3) is 7.28. The van der Waals surface area contributed by atoms with Gasteiger partial charge in [-0.1, -0.05) is 30.9 Å². The number of aliphatic hydroxyl groups excluding tert-OH is 1. The lowest BCUT2D eigenvalue weighted by molar-refractivity contribution is -0.125. The predicted molar refractivity (Wildman–Crippen MR) is 121 cm³/mol.